The maximum atomic E-state index is 13.0. The molecule has 0 bridgehead atoms. The Hall–Kier alpha value is -0.670. The average Bonchev–Trinajstić information content (AvgIpc) is 1.96. The molecule has 12 heavy (non-hydrogen) atoms. The first kappa shape index (κ1) is 9.42. The van der Waals surface area contributed by atoms with E-state index in [1.807, 2.05) is 0 Å². The van der Waals surface area contributed by atoms with Gasteiger partial charge in [0.05, 0.1) is 5.02 Å². The number of nitrogens with two attached hydrogens (primary N) is 1. The summed E-state index contributed by atoms with van der Waals surface area (Å²) in [6, 6.07) is 1.41. The van der Waals surface area contributed by atoms with Gasteiger partial charge in [0.1, 0.15) is 11.6 Å². The van der Waals surface area contributed by atoms with Crippen LogP contribution in [0, 0.1) is 11.6 Å². The molecular weight excluding hydrogens is 184 g/mol. The second-order valence-corrected chi connectivity index (χ2v) is 2.98. The Kier molecular flexibility index (Phi) is 2.65. The van der Waals surface area contributed by atoms with Gasteiger partial charge in [-0.05, 0) is 19.1 Å². The van der Waals surface area contributed by atoms with Gasteiger partial charge in [0, 0.05) is 11.6 Å². The Labute approximate surface area is 74.1 Å². The van der Waals surface area contributed by atoms with Gasteiger partial charge in [-0.15, -0.1) is 0 Å². The number of hydrogen-bond donors (Lipinski definition) is 1. The lowest BCUT2D eigenvalue weighted by atomic mass is 10.1. The first-order valence-electron chi connectivity index (χ1n) is 3.42. The summed E-state index contributed by atoms with van der Waals surface area (Å²) in [5.41, 5.74) is 5.52. The Morgan fingerprint density at radius 3 is 2.42 bits per heavy atom. The molecule has 0 saturated carbocycles. The summed E-state index contributed by atoms with van der Waals surface area (Å²) >= 11 is 5.33. The maximum absolute atomic E-state index is 13.0. The van der Waals surface area contributed by atoms with Gasteiger partial charge < -0.3 is 5.73 Å². The summed E-state index contributed by atoms with van der Waals surface area (Å²) in [7, 11) is 0. The van der Waals surface area contributed by atoms with E-state index in [0.29, 0.717) is 0 Å². The van der Waals surface area contributed by atoms with Crippen molar-refractivity contribution >= 4 is 11.6 Å². The van der Waals surface area contributed by atoms with Crippen LogP contribution in [-0.4, -0.2) is 0 Å². The van der Waals surface area contributed by atoms with Crippen LogP contribution in [-0.2, 0) is 0 Å². The molecular formula is C8H8ClF2N. The zero-order chi connectivity index (χ0) is 9.30. The Morgan fingerprint density at radius 2 is 1.92 bits per heavy atom. The van der Waals surface area contributed by atoms with Crippen LogP contribution in [0.15, 0.2) is 12.1 Å². The van der Waals surface area contributed by atoms with E-state index in [1.165, 1.54) is 0 Å². The Bertz CT molecular complexity index is 299. The van der Waals surface area contributed by atoms with E-state index in [1.54, 1.807) is 6.92 Å². The molecule has 1 atom stereocenters. The van der Waals surface area contributed by atoms with Crippen molar-refractivity contribution in [3.8, 4) is 0 Å². The Morgan fingerprint density at radius 1 is 1.33 bits per heavy atom. The lowest BCUT2D eigenvalue weighted by Gasteiger charge is -2.07. The van der Waals surface area contributed by atoms with E-state index in [4.69, 9.17) is 17.3 Å². The van der Waals surface area contributed by atoms with Gasteiger partial charge in [0.2, 0.25) is 0 Å². The van der Waals surface area contributed by atoms with E-state index < -0.39 is 17.7 Å². The van der Waals surface area contributed by atoms with Gasteiger partial charge in [0.25, 0.3) is 0 Å². The average molecular weight is 192 g/mol. The summed E-state index contributed by atoms with van der Waals surface area (Å²) < 4.78 is 25.7. The van der Waals surface area contributed by atoms with Crippen LogP contribution in [0.25, 0.3) is 0 Å². The molecule has 1 aromatic rings. The van der Waals surface area contributed by atoms with E-state index in [9.17, 15) is 8.78 Å². The third kappa shape index (κ3) is 1.73. The van der Waals surface area contributed by atoms with Crippen molar-refractivity contribution in [1.82, 2.24) is 0 Å². The van der Waals surface area contributed by atoms with Crippen LogP contribution in [0.1, 0.15) is 18.5 Å². The molecule has 0 fully saturated rings. The third-order valence-corrected chi connectivity index (χ3v) is 1.82. The minimum atomic E-state index is -0.648. The van der Waals surface area contributed by atoms with E-state index in [0.717, 1.165) is 12.1 Å². The van der Waals surface area contributed by atoms with Crippen molar-refractivity contribution < 1.29 is 8.78 Å². The molecule has 1 nitrogen and oxygen atoms in total. The highest BCUT2D eigenvalue weighted by Gasteiger charge is 2.10. The van der Waals surface area contributed by atoms with Gasteiger partial charge in [0.15, 0.2) is 0 Å². The van der Waals surface area contributed by atoms with Crippen molar-refractivity contribution in [1.29, 1.82) is 0 Å². The van der Waals surface area contributed by atoms with Crippen molar-refractivity contribution in [2.24, 2.45) is 5.73 Å². The summed E-state index contributed by atoms with van der Waals surface area (Å²) in [4.78, 5) is 0. The maximum Gasteiger partial charge on any atom is 0.142 e. The highest BCUT2D eigenvalue weighted by atomic mass is 35.5. The molecule has 0 spiro atoms. The van der Waals surface area contributed by atoms with Gasteiger partial charge in [-0.3, -0.25) is 0 Å². The van der Waals surface area contributed by atoms with Crippen LogP contribution in [0.4, 0.5) is 8.78 Å². The first-order chi connectivity index (χ1) is 5.52. The molecule has 0 aliphatic carbocycles. The molecule has 0 heterocycles. The van der Waals surface area contributed by atoms with Crippen molar-refractivity contribution in [3.05, 3.63) is 34.4 Å². The molecule has 0 unspecified atom stereocenters. The molecule has 1 rings (SSSR count). The van der Waals surface area contributed by atoms with E-state index in [-0.39, 0.29) is 10.6 Å². The van der Waals surface area contributed by atoms with Crippen LogP contribution in [0.2, 0.25) is 5.02 Å². The molecule has 0 aliphatic heterocycles. The van der Waals surface area contributed by atoms with Gasteiger partial charge >= 0.3 is 0 Å². The standard InChI is InChI=1S/C8H8ClF2N/c1-4(12)5-2-8(11)6(9)3-7(5)10/h2-4H,12H2,1H3/t4-/m0/s1. The second kappa shape index (κ2) is 3.37. The minimum Gasteiger partial charge on any atom is -0.324 e. The number of hydrogen-bond acceptors (Lipinski definition) is 1. The molecule has 1 aromatic carbocycles. The smallest absolute Gasteiger partial charge is 0.142 e. The van der Waals surface area contributed by atoms with Crippen molar-refractivity contribution in [2.75, 3.05) is 0 Å². The van der Waals surface area contributed by atoms with Crippen LogP contribution in [0.3, 0.4) is 0 Å². The topological polar surface area (TPSA) is 26.0 Å². The van der Waals surface area contributed by atoms with Crippen LogP contribution < -0.4 is 5.73 Å². The Balaban J connectivity index is 3.23. The van der Waals surface area contributed by atoms with Gasteiger partial charge in [-0.25, -0.2) is 8.78 Å². The number of benzene rings is 1. The van der Waals surface area contributed by atoms with Crippen LogP contribution in [0.5, 0.6) is 0 Å². The fourth-order valence-electron chi connectivity index (χ4n) is 0.887. The first-order valence-corrected chi connectivity index (χ1v) is 3.80. The third-order valence-electron chi connectivity index (χ3n) is 1.53. The number of halogens is 3. The van der Waals surface area contributed by atoms with Crippen molar-refractivity contribution in [3.63, 3.8) is 0 Å². The summed E-state index contributed by atoms with van der Waals surface area (Å²) in [5, 5.41) is -0.225. The second-order valence-electron chi connectivity index (χ2n) is 2.58. The molecule has 0 aliphatic rings. The summed E-state index contributed by atoms with van der Waals surface area (Å²) in [5.74, 6) is -1.22. The predicted molar refractivity (Wildman–Crippen MR) is 44.0 cm³/mol. The highest BCUT2D eigenvalue weighted by molar-refractivity contribution is 6.30. The highest BCUT2D eigenvalue weighted by Crippen LogP contribution is 2.22. The SMILES string of the molecule is C[C@H](N)c1cc(F)c(Cl)cc1F. The summed E-state index contributed by atoms with van der Waals surface area (Å²) in [6.07, 6.45) is 0. The minimum absolute atomic E-state index is 0.136. The fourth-order valence-corrected chi connectivity index (χ4v) is 1.04. The molecule has 4 heteroatoms. The molecule has 2 N–H and O–H groups in total. The van der Waals surface area contributed by atoms with Gasteiger partial charge in [-0.2, -0.15) is 0 Å². The molecule has 0 aromatic heterocycles. The quantitative estimate of drug-likeness (QED) is 0.679. The largest absolute Gasteiger partial charge is 0.324 e. The molecule has 0 radical (unpaired) electrons. The molecule has 0 amide bonds. The van der Waals surface area contributed by atoms with Crippen molar-refractivity contribution in [2.45, 2.75) is 13.0 Å². The monoisotopic (exact) mass is 191 g/mol. The lowest BCUT2D eigenvalue weighted by Crippen LogP contribution is -2.07. The number of rotatable bonds is 1. The predicted octanol–water partition coefficient (Wildman–Crippen LogP) is 2.64. The zero-order valence-electron chi connectivity index (χ0n) is 6.44. The summed E-state index contributed by atoms with van der Waals surface area (Å²) in [6.45, 7) is 1.58. The zero-order valence-corrected chi connectivity index (χ0v) is 7.20. The fraction of sp³-hybridized carbons (Fsp3) is 0.250. The van der Waals surface area contributed by atoms with Gasteiger partial charge in [-0.1, -0.05) is 11.6 Å². The lowest BCUT2D eigenvalue weighted by molar-refractivity contribution is 0.572. The normalized spacial score (nSPS) is 13.1. The molecule has 66 valence electrons. The van der Waals surface area contributed by atoms with E-state index >= 15 is 0 Å². The molecule has 0 saturated heterocycles. The van der Waals surface area contributed by atoms with Crippen LogP contribution >= 0.6 is 11.6 Å². The van der Waals surface area contributed by atoms with E-state index in [2.05, 4.69) is 0 Å².